The number of carbonyl (C=O) groups is 2. The predicted molar refractivity (Wildman–Crippen MR) is 123 cm³/mol. The number of anilines is 1. The average molecular weight is 464 g/mol. The quantitative estimate of drug-likeness (QED) is 0.359. The van der Waals surface area contributed by atoms with Crippen molar-refractivity contribution in [2.24, 2.45) is 0 Å². The molecule has 0 aliphatic carbocycles. The van der Waals surface area contributed by atoms with Crippen LogP contribution in [0.15, 0.2) is 66.6 Å². The van der Waals surface area contributed by atoms with E-state index in [1.54, 1.807) is 60.7 Å². The van der Waals surface area contributed by atoms with E-state index in [0.29, 0.717) is 28.3 Å². The number of aromatic amines is 1. The van der Waals surface area contributed by atoms with Crippen molar-refractivity contribution in [1.29, 1.82) is 0 Å². The van der Waals surface area contributed by atoms with E-state index in [1.165, 1.54) is 0 Å². The van der Waals surface area contributed by atoms with Crippen LogP contribution in [0.3, 0.4) is 0 Å². The number of H-pyrrole nitrogens is 1. The zero-order valence-corrected chi connectivity index (χ0v) is 18.4. The molecule has 0 fully saturated rings. The molecule has 9 nitrogen and oxygen atoms in total. The van der Waals surface area contributed by atoms with Gasteiger partial charge in [0.05, 0.1) is 11.1 Å². The number of carbonyl (C=O) groups excluding carboxylic acids is 2. The summed E-state index contributed by atoms with van der Waals surface area (Å²) in [6, 6.07) is 17.2. The monoisotopic (exact) mass is 464 g/mol. The summed E-state index contributed by atoms with van der Waals surface area (Å²) in [5.41, 5.74) is 7.48. The molecule has 10 heteroatoms. The maximum atomic E-state index is 12.3. The van der Waals surface area contributed by atoms with E-state index >= 15 is 0 Å². The van der Waals surface area contributed by atoms with Gasteiger partial charge in [0.25, 0.3) is 0 Å². The third-order valence-corrected chi connectivity index (χ3v) is 5.45. The number of rotatable bonds is 9. The number of nitrogens with zero attached hydrogens (tertiary/aromatic N) is 2. The predicted octanol–water partition coefficient (Wildman–Crippen LogP) is 3.72. The van der Waals surface area contributed by atoms with Gasteiger partial charge >= 0.3 is 11.9 Å². The Morgan fingerprint density at radius 3 is 2.06 bits per heavy atom. The summed E-state index contributed by atoms with van der Waals surface area (Å²) in [6.45, 7) is -0.239. The molecule has 0 radical (unpaired) electrons. The van der Waals surface area contributed by atoms with E-state index < -0.39 is 18.0 Å². The number of benzene rings is 2. The molecule has 33 heavy (non-hydrogen) atoms. The summed E-state index contributed by atoms with van der Waals surface area (Å²) in [5.74, 6) is 1.51. The maximum Gasteiger partial charge on any atom is 0.338 e. The van der Waals surface area contributed by atoms with Crippen molar-refractivity contribution < 1.29 is 23.8 Å². The van der Waals surface area contributed by atoms with Gasteiger partial charge in [-0.2, -0.15) is 0 Å². The Bertz CT molecular complexity index is 1180. The summed E-state index contributed by atoms with van der Waals surface area (Å²) in [7, 11) is 0.882. The van der Waals surface area contributed by atoms with Crippen LogP contribution in [0.1, 0.15) is 26.5 Å². The molecule has 4 aromatic rings. The molecule has 0 unspecified atom stereocenters. The Labute approximate surface area is 191 Å². The first-order chi connectivity index (χ1) is 16.1. The lowest BCUT2D eigenvalue weighted by atomic mass is 10.2. The Morgan fingerprint density at radius 2 is 1.48 bits per heavy atom. The topological polar surface area (TPSA) is 129 Å². The Kier molecular flexibility index (Phi) is 7.24. The fourth-order valence-electron chi connectivity index (χ4n) is 2.96. The molecule has 3 N–H and O–H groups in total. The highest BCUT2D eigenvalue weighted by molar-refractivity contribution is 7.35. The van der Waals surface area contributed by atoms with Gasteiger partial charge in [-0.1, -0.05) is 36.4 Å². The Hall–Kier alpha value is -3.81. The number of esters is 2. The van der Waals surface area contributed by atoms with Crippen molar-refractivity contribution in [3.05, 3.63) is 83.5 Å². The second kappa shape index (κ2) is 10.7. The van der Waals surface area contributed by atoms with Gasteiger partial charge in [-0.05, 0) is 32.5 Å². The lowest BCUT2D eigenvalue weighted by Gasteiger charge is -2.18. The molecule has 2 aromatic carbocycles. The number of hydrogen-bond donors (Lipinski definition) is 2. The largest absolute Gasteiger partial charge is 0.459 e. The molecule has 0 amide bonds. The lowest BCUT2D eigenvalue weighted by molar-refractivity contribution is -0.0479. The van der Waals surface area contributed by atoms with E-state index in [4.69, 9.17) is 19.9 Å². The summed E-state index contributed by atoms with van der Waals surface area (Å²) >= 11 is 0. The number of nitrogens with two attached hydrogens (primary N) is 1. The van der Waals surface area contributed by atoms with Gasteiger partial charge in [-0.15, -0.1) is 0 Å². The normalized spacial score (nSPS) is 11.2. The van der Waals surface area contributed by atoms with Crippen LogP contribution < -0.4 is 5.73 Å². The first-order valence-corrected chi connectivity index (χ1v) is 11.1. The minimum atomic E-state index is -0.731. The van der Waals surface area contributed by atoms with Crippen LogP contribution in [0.2, 0.25) is 0 Å². The number of aromatic nitrogens is 3. The second-order valence-electron chi connectivity index (χ2n) is 6.99. The molecular formula is C23H21N4O5P. The molecule has 2 heterocycles. The Morgan fingerprint density at radius 1 is 0.909 bits per heavy atom. The van der Waals surface area contributed by atoms with Gasteiger partial charge in [0, 0.05) is 5.93 Å². The van der Waals surface area contributed by atoms with Crippen LogP contribution in [-0.2, 0) is 20.8 Å². The molecule has 2 aromatic heterocycles. The highest BCUT2D eigenvalue weighted by Crippen LogP contribution is 2.23. The highest BCUT2D eigenvalue weighted by atomic mass is 31.0. The van der Waals surface area contributed by atoms with E-state index in [9.17, 15) is 9.59 Å². The minimum Gasteiger partial charge on any atom is -0.459 e. The van der Waals surface area contributed by atoms with Crippen molar-refractivity contribution in [3.63, 3.8) is 0 Å². The molecule has 0 spiro atoms. The summed E-state index contributed by atoms with van der Waals surface area (Å²) in [5, 5.41) is 0.753. The van der Waals surface area contributed by atoms with Crippen LogP contribution in [0.5, 0.6) is 0 Å². The molecule has 0 aliphatic heterocycles. The van der Waals surface area contributed by atoms with Gasteiger partial charge in [0.15, 0.2) is 11.6 Å². The molecule has 0 saturated carbocycles. The fourth-order valence-corrected chi connectivity index (χ4v) is 3.75. The number of ether oxygens (including phenoxy) is 3. The number of nitrogens with one attached hydrogen (secondary N) is 1. The van der Waals surface area contributed by atoms with Crippen molar-refractivity contribution in [2.45, 2.75) is 12.7 Å². The van der Waals surface area contributed by atoms with Crippen molar-refractivity contribution in [2.75, 3.05) is 18.9 Å². The number of fused-ring (bicyclic) bond motifs is 1. The van der Waals surface area contributed by atoms with E-state index in [1.807, 2.05) is 5.93 Å². The summed E-state index contributed by atoms with van der Waals surface area (Å²) < 4.78 is 16.6. The van der Waals surface area contributed by atoms with Crippen LogP contribution in [-0.4, -0.2) is 46.2 Å². The lowest BCUT2D eigenvalue weighted by Crippen LogP contribution is -2.29. The number of nitrogen functional groups attached to an aromatic ring is 1. The molecule has 4 rings (SSSR count). The minimum absolute atomic E-state index is 0.00341. The Balaban J connectivity index is 1.41. The van der Waals surface area contributed by atoms with Gasteiger partial charge in [0.1, 0.15) is 36.7 Å². The third-order valence-electron chi connectivity index (χ3n) is 4.63. The van der Waals surface area contributed by atoms with Crippen LogP contribution in [0.25, 0.3) is 10.8 Å². The average Bonchev–Trinajstić information content (AvgIpc) is 3.33. The van der Waals surface area contributed by atoms with Crippen LogP contribution >= 0.6 is 8.19 Å². The second-order valence-corrected chi connectivity index (χ2v) is 7.93. The molecule has 0 atom stereocenters. The van der Waals surface area contributed by atoms with Crippen LogP contribution in [0.4, 0.5) is 5.82 Å². The maximum absolute atomic E-state index is 12.3. The molecule has 0 aliphatic rings. The van der Waals surface area contributed by atoms with Gasteiger partial charge < -0.3 is 24.9 Å². The van der Waals surface area contributed by atoms with Crippen LogP contribution in [0, 0.1) is 0 Å². The highest BCUT2D eigenvalue weighted by Gasteiger charge is 2.18. The standard InChI is InChI=1S/C23H21N4O5P/c24-20-19-21(33-14-25-19)27-18(26-20)13-30-17(11-31-22(28)15-7-3-1-4-8-15)12-32-23(29)16-9-5-2-6-10-16/h1-10,14,17,25H,11-13H2,(H2,24,26,27). The summed E-state index contributed by atoms with van der Waals surface area (Å²) in [4.78, 5) is 36.3. The summed E-state index contributed by atoms with van der Waals surface area (Å²) in [6.07, 6.45) is -0.731. The van der Waals surface area contributed by atoms with Gasteiger partial charge in [-0.3, -0.25) is 0 Å². The third kappa shape index (κ3) is 5.91. The SMILES string of the molecule is Nc1nc(COC(COC(=O)c2ccccc2)COC(=O)c2ccccc2)nc2pc[nH]c12. The fraction of sp³-hybridized carbons (Fsp3) is 0.174. The molecular weight excluding hydrogens is 443 g/mol. The molecule has 0 saturated heterocycles. The zero-order chi connectivity index (χ0) is 23.0. The van der Waals surface area contributed by atoms with Gasteiger partial charge in [0.2, 0.25) is 0 Å². The number of hydrogen-bond acceptors (Lipinski definition) is 8. The van der Waals surface area contributed by atoms with Gasteiger partial charge in [-0.25, -0.2) is 19.6 Å². The van der Waals surface area contributed by atoms with Crippen molar-refractivity contribution in [3.8, 4) is 0 Å². The van der Waals surface area contributed by atoms with E-state index in [2.05, 4.69) is 15.0 Å². The molecule has 0 bridgehead atoms. The smallest absolute Gasteiger partial charge is 0.338 e. The first-order valence-electron chi connectivity index (χ1n) is 10.1. The van der Waals surface area contributed by atoms with Crippen molar-refractivity contribution in [1.82, 2.24) is 15.0 Å². The van der Waals surface area contributed by atoms with Crippen molar-refractivity contribution >= 4 is 36.7 Å². The molecule has 168 valence electrons. The van der Waals surface area contributed by atoms with E-state index in [0.717, 1.165) is 13.4 Å². The first kappa shape index (κ1) is 22.4. The zero-order valence-electron chi connectivity index (χ0n) is 17.5. The van der Waals surface area contributed by atoms with E-state index in [-0.39, 0.29) is 19.8 Å².